The van der Waals surface area contributed by atoms with E-state index in [1.807, 2.05) is 24.3 Å². The molecule has 0 unspecified atom stereocenters. The van der Waals surface area contributed by atoms with Gasteiger partial charge in [-0.3, -0.25) is 15.2 Å². The van der Waals surface area contributed by atoms with E-state index in [2.05, 4.69) is 33.5 Å². The SMILES string of the molecule is O=[N+]([O-])c1ccccc1/C=N\n1c(Cc2cccc3ccccc23)n[nH]c1=S. The van der Waals surface area contributed by atoms with E-state index in [1.165, 1.54) is 17.0 Å². The fourth-order valence-electron chi connectivity index (χ4n) is 3.06. The highest BCUT2D eigenvalue weighted by molar-refractivity contribution is 7.71. The van der Waals surface area contributed by atoms with E-state index in [0.29, 0.717) is 22.6 Å². The minimum Gasteiger partial charge on any atom is -0.258 e. The van der Waals surface area contributed by atoms with E-state index in [4.69, 9.17) is 12.2 Å². The van der Waals surface area contributed by atoms with Gasteiger partial charge in [0, 0.05) is 12.5 Å². The molecule has 138 valence electrons. The van der Waals surface area contributed by atoms with Crippen molar-refractivity contribution in [2.75, 3.05) is 0 Å². The molecule has 0 aliphatic rings. The second-order valence-electron chi connectivity index (χ2n) is 6.13. The van der Waals surface area contributed by atoms with Gasteiger partial charge in [-0.25, -0.2) is 0 Å². The lowest BCUT2D eigenvalue weighted by Crippen LogP contribution is -2.02. The lowest BCUT2D eigenvalue weighted by Gasteiger charge is -2.06. The molecule has 4 rings (SSSR count). The van der Waals surface area contributed by atoms with E-state index >= 15 is 0 Å². The van der Waals surface area contributed by atoms with Gasteiger partial charge in [-0.05, 0) is 34.6 Å². The Morgan fingerprint density at radius 2 is 1.86 bits per heavy atom. The average molecular weight is 389 g/mol. The van der Waals surface area contributed by atoms with Crippen LogP contribution in [0.15, 0.2) is 71.8 Å². The number of rotatable bonds is 5. The third kappa shape index (κ3) is 3.45. The maximum Gasteiger partial charge on any atom is 0.278 e. The van der Waals surface area contributed by atoms with Gasteiger partial charge in [0.2, 0.25) is 4.77 Å². The molecule has 1 aromatic heterocycles. The maximum atomic E-state index is 11.2. The summed E-state index contributed by atoms with van der Waals surface area (Å²) in [5, 5.41) is 24.8. The quantitative estimate of drug-likeness (QED) is 0.236. The molecular weight excluding hydrogens is 374 g/mol. The van der Waals surface area contributed by atoms with Crippen LogP contribution in [0.4, 0.5) is 5.69 Å². The van der Waals surface area contributed by atoms with E-state index < -0.39 is 4.92 Å². The van der Waals surface area contributed by atoms with Crippen LogP contribution in [0.3, 0.4) is 0 Å². The van der Waals surface area contributed by atoms with Crippen molar-refractivity contribution >= 4 is 34.9 Å². The Hall–Kier alpha value is -3.65. The van der Waals surface area contributed by atoms with E-state index in [1.54, 1.807) is 18.2 Å². The number of hydrogen-bond acceptors (Lipinski definition) is 5. The van der Waals surface area contributed by atoms with Gasteiger partial charge in [0.25, 0.3) is 5.69 Å². The van der Waals surface area contributed by atoms with Gasteiger partial charge in [-0.15, -0.1) is 0 Å². The molecule has 0 amide bonds. The Morgan fingerprint density at radius 1 is 1.11 bits per heavy atom. The molecule has 28 heavy (non-hydrogen) atoms. The standard InChI is InChI=1S/C20H15N5O2S/c26-25(27)18-11-4-2-7-16(18)13-21-24-19(22-23-20(24)28)12-15-9-5-8-14-6-1-3-10-17(14)15/h1-11,13H,12H2,(H,23,28)/b21-13-. The van der Waals surface area contributed by atoms with Gasteiger partial charge in [0.05, 0.1) is 16.7 Å². The fraction of sp³-hybridized carbons (Fsp3) is 0.0500. The summed E-state index contributed by atoms with van der Waals surface area (Å²) >= 11 is 5.28. The first kappa shape index (κ1) is 17.7. The monoisotopic (exact) mass is 389 g/mol. The summed E-state index contributed by atoms with van der Waals surface area (Å²) in [5.74, 6) is 0.621. The molecule has 0 saturated heterocycles. The van der Waals surface area contributed by atoms with E-state index in [9.17, 15) is 10.1 Å². The number of benzene rings is 3. The van der Waals surface area contributed by atoms with Crippen LogP contribution in [0, 0.1) is 14.9 Å². The number of fused-ring (bicyclic) bond motifs is 1. The third-order valence-electron chi connectivity index (χ3n) is 4.39. The summed E-state index contributed by atoms with van der Waals surface area (Å²) < 4.78 is 1.82. The van der Waals surface area contributed by atoms with Crippen molar-refractivity contribution in [1.29, 1.82) is 0 Å². The molecule has 0 bridgehead atoms. The van der Waals surface area contributed by atoms with Crippen LogP contribution in [-0.2, 0) is 6.42 Å². The van der Waals surface area contributed by atoms with Crippen molar-refractivity contribution in [2.45, 2.75) is 6.42 Å². The maximum absolute atomic E-state index is 11.2. The van der Waals surface area contributed by atoms with Gasteiger partial charge in [-0.2, -0.15) is 14.9 Å². The first-order chi connectivity index (χ1) is 13.6. The molecule has 0 aliphatic heterocycles. The molecule has 7 nitrogen and oxygen atoms in total. The summed E-state index contributed by atoms with van der Waals surface area (Å²) in [7, 11) is 0. The average Bonchev–Trinajstić information content (AvgIpc) is 3.06. The number of H-pyrrole nitrogens is 1. The zero-order valence-corrected chi connectivity index (χ0v) is 15.5. The van der Waals surface area contributed by atoms with Crippen molar-refractivity contribution in [3.05, 3.63) is 98.6 Å². The highest BCUT2D eigenvalue weighted by Crippen LogP contribution is 2.21. The van der Waals surface area contributed by atoms with Gasteiger partial charge < -0.3 is 0 Å². The predicted molar refractivity (Wildman–Crippen MR) is 110 cm³/mol. The van der Waals surface area contributed by atoms with Crippen LogP contribution in [0.1, 0.15) is 17.0 Å². The minimum atomic E-state index is -0.437. The topological polar surface area (TPSA) is 89.1 Å². The Morgan fingerprint density at radius 3 is 2.71 bits per heavy atom. The van der Waals surface area contributed by atoms with Crippen LogP contribution in [0.2, 0.25) is 0 Å². The molecule has 3 aromatic carbocycles. The van der Waals surface area contributed by atoms with Crippen LogP contribution in [0.25, 0.3) is 10.8 Å². The number of nitro benzene ring substituents is 1. The summed E-state index contributed by atoms with van der Waals surface area (Å²) in [6.45, 7) is 0. The molecule has 0 radical (unpaired) electrons. The molecule has 0 atom stereocenters. The van der Waals surface area contributed by atoms with Crippen LogP contribution < -0.4 is 0 Å². The Balaban J connectivity index is 1.71. The molecule has 0 spiro atoms. The predicted octanol–water partition coefficient (Wildman–Crippen LogP) is 4.48. The molecular formula is C20H15N5O2S. The molecule has 0 fully saturated rings. The van der Waals surface area contributed by atoms with Crippen molar-refractivity contribution in [2.24, 2.45) is 5.10 Å². The number of nitrogens with zero attached hydrogens (tertiary/aromatic N) is 4. The largest absolute Gasteiger partial charge is 0.278 e. The second kappa shape index (κ2) is 7.53. The smallest absolute Gasteiger partial charge is 0.258 e. The van der Waals surface area contributed by atoms with Gasteiger partial charge in [-0.1, -0.05) is 54.6 Å². The van der Waals surface area contributed by atoms with Crippen molar-refractivity contribution in [3.8, 4) is 0 Å². The van der Waals surface area contributed by atoms with E-state index in [0.717, 1.165) is 16.3 Å². The second-order valence-corrected chi connectivity index (χ2v) is 6.52. The van der Waals surface area contributed by atoms with Gasteiger partial charge in [0.15, 0.2) is 5.82 Å². The lowest BCUT2D eigenvalue weighted by atomic mass is 10.0. The zero-order valence-electron chi connectivity index (χ0n) is 14.6. The number of aromatic nitrogens is 3. The molecule has 0 aliphatic carbocycles. The van der Waals surface area contributed by atoms with Crippen molar-refractivity contribution in [3.63, 3.8) is 0 Å². The fourth-order valence-corrected chi connectivity index (χ4v) is 3.26. The number of para-hydroxylation sites is 1. The lowest BCUT2D eigenvalue weighted by molar-refractivity contribution is -0.385. The summed E-state index contributed by atoms with van der Waals surface area (Å²) in [5.41, 5.74) is 1.47. The molecule has 1 N–H and O–H groups in total. The Labute approximate surface area is 165 Å². The normalized spacial score (nSPS) is 11.3. The third-order valence-corrected chi connectivity index (χ3v) is 4.66. The molecule has 0 saturated carbocycles. The number of nitro groups is 1. The minimum absolute atomic E-state index is 0.0168. The number of aromatic amines is 1. The molecule has 8 heteroatoms. The van der Waals surface area contributed by atoms with Crippen LogP contribution in [0.5, 0.6) is 0 Å². The Bertz CT molecular complexity index is 1250. The first-order valence-electron chi connectivity index (χ1n) is 8.54. The number of hydrogen-bond donors (Lipinski definition) is 1. The molecule has 4 aromatic rings. The zero-order chi connectivity index (χ0) is 19.5. The van der Waals surface area contributed by atoms with E-state index in [-0.39, 0.29) is 5.69 Å². The molecule has 1 heterocycles. The summed E-state index contributed by atoms with van der Waals surface area (Å²) in [4.78, 5) is 10.7. The first-order valence-corrected chi connectivity index (χ1v) is 8.95. The van der Waals surface area contributed by atoms with Crippen molar-refractivity contribution in [1.82, 2.24) is 14.9 Å². The summed E-state index contributed by atoms with van der Waals surface area (Å²) in [6, 6.07) is 20.6. The Kier molecular flexibility index (Phi) is 4.77. The van der Waals surface area contributed by atoms with Crippen LogP contribution >= 0.6 is 12.2 Å². The van der Waals surface area contributed by atoms with Crippen molar-refractivity contribution < 1.29 is 4.92 Å². The summed E-state index contributed by atoms with van der Waals surface area (Å²) in [6.07, 6.45) is 1.94. The highest BCUT2D eigenvalue weighted by Gasteiger charge is 2.12. The highest BCUT2D eigenvalue weighted by atomic mass is 32.1. The van der Waals surface area contributed by atoms with Gasteiger partial charge in [0.1, 0.15) is 0 Å². The van der Waals surface area contributed by atoms with Gasteiger partial charge >= 0.3 is 0 Å². The van der Waals surface area contributed by atoms with Crippen LogP contribution in [-0.4, -0.2) is 26.0 Å². The number of nitrogens with one attached hydrogen (secondary N) is 1.